The summed E-state index contributed by atoms with van der Waals surface area (Å²) in [5.41, 5.74) is 1.35. The number of halogens is 2. The summed E-state index contributed by atoms with van der Waals surface area (Å²) in [6.45, 7) is 1.69. The molecule has 0 radical (unpaired) electrons. The van der Waals surface area contributed by atoms with Crippen LogP contribution in [-0.4, -0.2) is 12.4 Å². The lowest BCUT2D eigenvalue weighted by atomic mass is 10.1. The van der Waals surface area contributed by atoms with Crippen molar-refractivity contribution in [3.8, 4) is 5.75 Å². The number of aryl methyl sites for hydroxylation is 1. The largest absolute Gasteiger partial charge is 0.485 e. The molecule has 0 N–H and O–H groups in total. The highest BCUT2D eigenvalue weighted by atomic mass is 79.9. The predicted molar refractivity (Wildman–Crippen MR) is 75.1 cm³/mol. The van der Waals surface area contributed by atoms with Gasteiger partial charge in [-0.1, -0.05) is 40.2 Å². The van der Waals surface area contributed by atoms with Crippen LogP contribution in [0.3, 0.4) is 0 Å². The minimum Gasteiger partial charge on any atom is -0.485 e. The first-order chi connectivity index (χ1) is 9.08. The van der Waals surface area contributed by atoms with Crippen LogP contribution in [0.1, 0.15) is 15.9 Å². The molecule has 0 spiro atoms. The number of benzene rings is 2. The molecule has 0 saturated carbocycles. The van der Waals surface area contributed by atoms with Crippen LogP contribution in [-0.2, 0) is 0 Å². The fourth-order valence-corrected chi connectivity index (χ4v) is 2.14. The summed E-state index contributed by atoms with van der Waals surface area (Å²) >= 11 is 3.31. The van der Waals surface area contributed by atoms with E-state index < -0.39 is 0 Å². The molecule has 0 aliphatic heterocycles. The fraction of sp³-hybridized carbons (Fsp3) is 0.133. The molecular weight excluding hydrogens is 311 g/mol. The van der Waals surface area contributed by atoms with Crippen LogP contribution in [0.5, 0.6) is 5.75 Å². The van der Waals surface area contributed by atoms with E-state index in [1.54, 1.807) is 31.2 Å². The van der Waals surface area contributed by atoms with Gasteiger partial charge in [0.15, 0.2) is 6.61 Å². The topological polar surface area (TPSA) is 26.3 Å². The molecule has 2 nitrogen and oxygen atoms in total. The van der Waals surface area contributed by atoms with Crippen LogP contribution in [0.2, 0.25) is 0 Å². The molecule has 0 atom stereocenters. The lowest BCUT2D eigenvalue weighted by molar-refractivity contribution is 0.0920. The first-order valence-corrected chi connectivity index (χ1v) is 6.54. The van der Waals surface area contributed by atoms with Crippen LogP contribution in [0, 0.1) is 12.7 Å². The zero-order valence-corrected chi connectivity index (χ0v) is 11.9. The van der Waals surface area contributed by atoms with E-state index in [4.69, 9.17) is 4.74 Å². The molecule has 0 heterocycles. The zero-order valence-electron chi connectivity index (χ0n) is 10.3. The molecule has 2 aromatic carbocycles. The summed E-state index contributed by atoms with van der Waals surface area (Å²) in [5.74, 6) is -0.148. The van der Waals surface area contributed by atoms with Gasteiger partial charge in [-0.15, -0.1) is 0 Å². The van der Waals surface area contributed by atoms with Crippen molar-refractivity contribution in [2.24, 2.45) is 0 Å². The van der Waals surface area contributed by atoms with Gasteiger partial charge < -0.3 is 4.74 Å². The molecule has 2 rings (SSSR count). The molecule has 2 aromatic rings. The Morgan fingerprint density at radius 1 is 1.26 bits per heavy atom. The molecular formula is C15H12BrFO2. The van der Waals surface area contributed by atoms with E-state index in [2.05, 4.69) is 15.9 Å². The van der Waals surface area contributed by atoms with Crippen molar-refractivity contribution in [3.05, 3.63) is 63.9 Å². The summed E-state index contributed by atoms with van der Waals surface area (Å²) in [6.07, 6.45) is 0. The van der Waals surface area contributed by atoms with Gasteiger partial charge in [-0.05, 0) is 24.6 Å². The Balaban J connectivity index is 2.09. The third kappa shape index (κ3) is 3.41. The average molecular weight is 323 g/mol. The Hall–Kier alpha value is -1.68. The number of ether oxygens (including phenoxy) is 1. The van der Waals surface area contributed by atoms with Gasteiger partial charge in [0, 0.05) is 16.1 Å². The SMILES string of the molecule is Cc1ccc(F)cc1OCC(=O)c1ccccc1Br. The van der Waals surface area contributed by atoms with Crippen molar-refractivity contribution in [3.63, 3.8) is 0 Å². The van der Waals surface area contributed by atoms with E-state index in [1.165, 1.54) is 12.1 Å². The zero-order chi connectivity index (χ0) is 13.8. The summed E-state index contributed by atoms with van der Waals surface area (Å²) in [6, 6.07) is 11.4. The molecule has 0 saturated heterocycles. The normalized spacial score (nSPS) is 10.3. The van der Waals surface area contributed by atoms with Gasteiger partial charge in [-0.2, -0.15) is 0 Å². The van der Waals surface area contributed by atoms with Crippen LogP contribution in [0.15, 0.2) is 46.9 Å². The first-order valence-electron chi connectivity index (χ1n) is 5.74. The van der Waals surface area contributed by atoms with Crippen molar-refractivity contribution < 1.29 is 13.9 Å². The molecule has 4 heteroatoms. The lowest BCUT2D eigenvalue weighted by Crippen LogP contribution is -2.12. The van der Waals surface area contributed by atoms with Crippen LogP contribution >= 0.6 is 15.9 Å². The Kier molecular flexibility index (Phi) is 4.32. The van der Waals surface area contributed by atoms with Gasteiger partial charge in [0.2, 0.25) is 5.78 Å². The minimum atomic E-state index is -0.381. The standard InChI is InChI=1S/C15H12BrFO2/c1-10-6-7-11(17)8-15(10)19-9-14(18)12-4-2-3-5-13(12)16/h2-8H,9H2,1H3. The van der Waals surface area contributed by atoms with Gasteiger partial charge in [0.25, 0.3) is 0 Å². The highest BCUT2D eigenvalue weighted by Gasteiger charge is 2.11. The molecule has 0 unspecified atom stereocenters. The van der Waals surface area contributed by atoms with Crippen molar-refractivity contribution in [1.29, 1.82) is 0 Å². The number of carbonyl (C=O) groups excluding carboxylic acids is 1. The summed E-state index contributed by atoms with van der Waals surface area (Å²) < 4.78 is 19.2. The maximum absolute atomic E-state index is 13.1. The van der Waals surface area contributed by atoms with Crippen LogP contribution < -0.4 is 4.74 Å². The number of rotatable bonds is 4. The van der Waals surface area contributed by atoms with Crippen LogP contribution in [0.25, 0.3) is 0 Å². The Morgan fingerprint density at radius 3 is 2.74 bits per heavy atom. The molecule has 0 bridgehead atoms. The number of hydrogen-bond acceptors (Lipinski definition) is 2. The average Bonchev–Trinajstić information content (AvgIpc) is 2.40. The lowest BCUT2D eigenvalue weighted by Gasteiger charge is -2.09. The maximum atomic E-state index is 13.1. The van der Waals surface area contributed by atoms with Gasteiger partial charge in [0.1, 0.15) is 11.6 Å². The van der Waals surface area contributed by atoms with Crippen LogP contribution in [0.4, 0.5) is 4.39 Å². The van der Waals surface area contributed by atoms with E-state index in [0.29, 0.717) is 11.3 Å². The first kappa shape index (κ1) is 13.7. The molecule has 0 fully saturated rings. The molecule has 0 aliphatic rings. The smallest absolute Gasteiger partial charge is 0.201 e. The second kappa shape index (κ2) is 5.97. The fourth-order valence-electron chi connectivity index (χ4n) is 1.64. The third-order valence-electron chi connectivity index (χ3n) is 2.68. The van der Waals surface area contributed by atoms with Gasteiger partial charge in [-0.25, -0.2) is 4.39 Å². The quantitative estimate of drug-likeness (QED) is 0.790. The molecule has 0 amide bonds. The second-order valence-corrected chi connectivity index (χ2v) is 4.96. The summed E-state index contributed by atoms with van der Waals surface area (Å²) in [4.78, 5) is 12.0. The van der Waals surface area contributed by atoms with E-state index in [9.17, 15) is 9.18 Å². The number of carbonyl (C=O) groups is 1. The molecule has 0 aromatic heterocycles. The van der Waals surface area contributed by atoms with Gasteiger partial charge in [0.05, 0.1) is 0 Å². The maximum Gasteiger partial charge on any atom is 0.201 e. The van der Waals surface area contributed by atoms with Crippen molar-refractivity contribution in [2.45, 2.75) is 6.92 Å². The number of Topliss-reactive ketones (excluding diaryl/α,β-unsaturated/α-hetero) is 1. The van der Waals surface area contributed by atoms with Gasteiger partial charge >= 0.3 is 0 Å². The second-order valence-electron chi connectivity index (χ2n) is 4.10. The monoisotopic (exact) mass is 322 g/mol. The van der Waals surface area contributed by atoms with Crippen molar-refractivity contribution in [2.75, 3.05) is 6.61 Å². The molecule has 98 valence electrons. The Bertz CT molecular complexity index is 611. The third-order valence-corrected chi connectivity index (χ3v) is 3.37. The van der Waals surface area contributed by atoms with Crippen molar-refractivity contribution >= 4 is 21.7 Å². The molecule has 0 aliphatic carbocycles. The van der Waals surface area contributed by atoms with Crippen molar-refractivity contribution in [1.82, 2.24) is 0 Å². The van der Waals surface area contributed by atoms with E-state index in [0.717, 1.165) is 10.0 Å². The number of hydrogen-bond donors (Lipinski definition) is 0. The highest BCUT2D eigenvalue weighted by molar-refractivity contribution is 9.10. The molecule has 19 heavy (non-hydrogen) atoms. The Morgan fingerprint density at radius 2 is 2.00 bits per heavy atom. The Labute approximate surface area is 119 Å². The predicted octanol–water partition coefficient (Wildman–Crippen LogP) is 4.16. The van der Waals surface area contributed by atoms with Gasteiger partial charge in [-0.3, -0.25) is 4.79 Å². The minimum absolute atomic E-state index is 0.118. The summed E-state index contributed by atoms with van der Waals surface area (Å²) in [7, 11) is 0. The highest BCUT2D eigenvalue weighted by Crippen LogP contribution is 2.20. The number of ketones is 1. The van der Waals surface area contributed by atoms with E-state index in [-0.39, 0.29) is 18.2 Å². The summed E-state index contributed by atoms with van der Waals surface area (Å²) in [5, 5.41) is 0. The van der Waals surface area contributed by atoms with E-state index >= 15 is 0 Å². The van der Waals surface area contributed by atoms with E-state index in [1.807, 2.05) is 6.07 Å².